The molecule has 1 rings (SSSR count). The van der Waals surface area contributed by atoms with Crippen LogP contribution in [0.5, 0.6) is 5.75 Å². The molecule has 4 nitrogen and oxygen atoms in total. The van der Waals surface area contributed by atoms with Gasteiger partial charge in [0.25, 0.3) is 0 Å². The molecule has 1 aromatic heterocycles. The van der Waals surface area contributed by atoms with Crippen molar-refractivity contribution in [1.82, 2.24) is 4.98 Å². The summed E-state index contributed by atoms with van der Waals surface area (Å²) in [4.78, 5) is 14.2. The number of pyridine rings is 1. The number of alkyl halides is 4. The maximum absolute atomic E-state index is 13.6. The Labute approximate surface area is 97.3 Å². The summed E-state index contributed by atoms with van der Waals surface area (Å²) in [5.74, 6) is -4.41. The van der Waals surface area contributed by atoms with Gasteiger partial charge in [0.1, 0.15) is 17.9 Å². The van der Waals surface area contributed by atoms with Gasteiger partial charge in [-0.15, -0.1) is 13.2 Å². The first-order valence-corrected chi connectivity index (χ1v) is 4.37. The largest absolute Gasteiger partial charge is 0.573 e. The average molecular weight is 271 g/mol. The molecule has 9 heteroatoms. The van der Waals surface area contributed by atoms with Crippen molar-refractivity contribution in [2.45, 2.75) is 13.0 Å². The van der Waals surface area contributed by atoms with E-state index in [2.05, 4.69) is 14.5 Å². The zero-order valence-electron chi connectivity index (χ0n) is 8.85. The van der Waals surface area contributed by atoms with Crippen LogP contribution in [0.15, 0.2) is 6.20 Å². The zero-order valence-corrected chi connectivity index (χ0v) is 8.85. The first-order chi connectivity index (χ1) is 8.30. The van der Waals surface area contributed by atoms with Gasteiger partial charge in [-0.3, -0.25) is 4.98 Å². The molecule has 0 aliphatic carbocycles. The molecular formula is C9H6F5NO3. The summed E-state index contributed by atoms with van der Waals surface area (Å²) in [5, 5.41) is 0. The molecular weight excluding hydrogens is 265 g/mol. The van der Waals surface area contributed by atoms with Crippen LogP contribution in [-0.4, -0.2) is 24.4 Å². The van der Waals surface area contributed by atoms with Gasteiger partial charge in [0.05, 0.1) is 7.11 Å². The van der Waals surface area contributed by atoms with Gasteiger partial charge in [-0.1, -0.05) is 0 Å². The third-order valence-electron chi connectivity index (χ3n) is 1.80. The van der Waals surface area contributed by atoms with Gasteiger partial charge in [-0.25, -0.2) is 13.6 Å². The van der Waals surface area contributed by atoms with Crippen LogP contribution in [0.3, 0.4) is 0 Å². The van der Waals surface area contributed by atoms with Crippen LogP contribution in [0, 0.1) is 5.82 Å². The van der Waals surface area contributed by atoms with E-state index in [1.807, 2.05) is 0 Å². The lowest BCUT2D eigenvalue weighted by Gasteiger charge is -2.13. The number of carbonyl (C=O) groups excluding carboxylic acids is 1. The van der Waals surface area contributed by atoms with Crippen LogP contribution >= 0.6 is 0 Å². The van der Waals surface area contributed by atoms with Crippen LogP contribution in [0.4, 0.5) is 22.0 Å². The molecule has 100 valence electrons. The first-order valence-electron chi connectivity index (χ1n) is 4.37. The number of hydrogen-bond acceptors (Lipinski definition) is 4. The lowest BCUT2D eigenvalue weighted by Crippen LogP contribution is -2.20. The number of carbonyl (C=O) groups is 1. The van der Waals surface area contributed by atoms with E-state index in [0.29, 0.717) is 6.20 Å². The molecule has 18 heavy (non-hydrogen) atoms. The van der Waals surface area contributed by atoms with Crippen molar-refractivity contribution in [2.24, 2.45) is 0 Å². The quantitative estimate of drug-likeness (QED) is 0.625. The lowest BCUT2D eigenvalue weighted by molar-refractivity contribution is -0.276. The van der Waals surface area contributed by atoms with Crippen molar-refractivity contribution >= 4 is 5.97 Å². The molecule has 0 saturated carbocycles. The molecule has 0 spiro atoms. The third kappa shape index (κ3) is 3.05. The highest BCUT2D eigenvalue weighted by molar-refractivity contribution is 5.89. The average Bonchev–Trinajstić information content (AvgIpc) is 2.29. The van der Waals surface area contributed by atoms with Crippen LogP contribution in [0.1, 0.15) is 16.1 Å². The molecule has 0 unspecified atom stereocenters. The second-order valence-corrected chi connectivity index (χ2v) is 2.93. The Hall–Kier alpha value is -1.93. The van der Waals surface area contributed by atoms with E-state index in [4.69, 9.17) is 0 Å². The standard InChI is InChI=1S/C9H6F5NO3/c1-17-8(16)4-3-15-5(2-10)7(6(4)11)18-9(12,13)14/h3H,2H2,1H3. The van der Waals surface area contributed by atoms with Crippen LogP contribution in [-0.2, 0) is 11.4 Å². The second kappa shape index (κ2) is 5.15. The highest BCUT2D eigenvalue weighted by Gasteiger charge is 2.35. The zero-order chi connectivity index (χ0) is 13.9. The van der Waals surface area contributed by atoms with Crippen LogP contribution < -0.4 is 4.74 Å². The van der Waals surface area contributed by atoms with Gasteiger partial charge >= 0.3 is 12.3 Å². The van der Waals surface area contributed by atoms with Gasteiger partial charge in [0.2, 0.25) is 0 Å². The number of nitrogens with zero attached hydrogens (tertiary/aromatic N) is 1. The van der Waals surface area contributed by atoms with Crippen molar-refractivity contribution in [3.63, 3.8) is 0 Å². The molecule has 0 atom stereocenters. The molecule has 0 bridgehead atoms. The van der Waals surface area contributed by atoms with Crippen LogP contribution in [0.25, 0.3) is 0 Å². The predicted octanol–water partition coefficient (Wildman–Crippen LogP) is 2.38. The Morgan fingerprint density at radius 2 is 2.06 bits per heavy atom. The maximum atomic E-state index is 13.6. The number of hydrogen-bond donors (Lipinski definition) is 0. The predicted molar refractivity (Wildman–Crippen MR) is 47.0 cm³/mol. The van der Waals surface area contributed by atoms with Gasteiger partial charge in [0, 0.05) is 6.20 Å². The van der Waals surface area contributed by atoms with E-state index in [1.54, 1.807) is 0 Å². The van der Waals surface area contributed by atoms with Gasteiger partial charge < -0.3 is 9.47 Å². The minimum absolute atomic E-state index is 0.569. The smallest absolute Gasteiger partial charge is 0.465 e. The molecule has 0 aliphatic heterocycles. The second-order valence-electron chi connectivity index (χ2n) is 2.93. The summed E-state index contributed by atoms with van der Waals surface area (Å²) >= 11 is 0. The molecule has 1 heterocycles. The third-order valence-corrected chi connectivity index (χ3v) is 1.80. The topological polar surface area (TPSA) is 48.4 Å². The fraction of sp³-hybridized carbons (Fsp3) is 0.333. The molecule has 0 aliphatic rings. The van der Waals surface area contributed by atoms with Crippen molar-refractivity contribution in [2.75, 3.05) is 7.11 Å². The summed E-state index contributed by atoms with van der Waals surface area (Å²) in [6, 6.07) is 0. The minimum atomic E-state index is -5.23. The van der Waals surface area contributed by atoms with E-state index in [-0.39, 0.29) is 0 Å². The fourth-order valence-corrected chi connectivity index (χ4v) is 1.07. The molecule has 0 amide bonds. The Kier molecular flexibility index (Phi) is 4.04. The molecule has 0 saturated heterocycles. The summed E-state index contributed by atoms with van der Waals surface area (Å²) in [6.45, 7) is -1.48. The summed E-state index contributed by atoms with van der Waals surface area (Å²) in [5.41, 5.74) is -1.79. The Balaban J connectivity index is 3.31. The van der Waals surface area contributed by atoms with Crippen molar-refractivity contribution in [1.29, 1.82) is 0 Å². The highest BCUT2D eigenvalue weighted by Crippen LogP contribution is 2.30. The Morgan fingerprint density at radius 3 is 2.50 bits per heavy atom. The van der Waals surface area contributed by atoms with Gasteiger partial charge in [-0.05, 0) is 0 Å². The van der Waals surface area contributed by atoms with E-state index in [0.717, 1.165) is 7.11 Å². The molecule has 1 aromatic rings. The SMILES string of the molecule is COC(=O)c1cnc(CF)c(OC(F)(F)F)c1F. The van der Waals surface area contributed by atoms with Crippen LogP contribution in [0.2, 0.25) is 0 Å². The fourth-order valence-electron chi connectivity index (χ4n) is 1.07. The van der Waals surface area contributed by atoms with Crippen molar-refractivity contribution in [3.05, 3.63) is 23.3 Å². The minimum Gasteiger partial charge on any atom is -0.465 e. The molecule has 0 radical (unpaired) electrons. The summed E-state index contributed by atoms with van der Waals surface area (Å²) in [7, 11) is 0.898. The molecule has 0 fully saturated rings. The summed E-state index contributed by atoms with van der Waals surface area (Å²) in [6.07, 6.45) is -4.67. The number of ether oxygens (including phenoxy) is 2. The van der Waals surface area contributed by atoms with Gasteiger partial charge in [0.15, 0.2) is 11.6 Å². The Morgan fingerprint density at radius 1 is 1.44 bits per heavy atom. The van der Waals surface area contributed by atoms with Crippen molar-refractivity contribution in [3.8, 4) is 5.75 Å². The first kappa shape index (κ1) is 14.1. The number of esters is 1. The van der Waals surface area contributed by atoms with E-state index < -0.39 is 41.8 Å². The van der Waals surface area contributed by atoms with E-state index in [1.165, 1.54) is 0 Å². The van der Waals surface area contributed by atoms with E-state index in [9.17, 15) is 26.7 Å². The molecule has 0 aromatic carbocycles. The normalized spacial score (nSPS) is 11.2. The maximum Gasteiger partial charge on any atom is 0.573 e. The van der Waals surface area contributed by atoms with Crippen molar-refractivity contribution < 1.29 is 36.2 Å². The summed E-state index contributed by atoms with van der Waals surface area (Å²) < 4.78 is 69.3. The number of aromatic nitrogens is 1. The van der Waals surface area contributed by atoms with E-state index >= 15 is 0 Å². The highest BCUT2D eigenvalue weighted by atomic mass is 19.4. The molecule has 0 N–H and O–H groups in total. The number of rotatable bonds is 3. The monoisotopic (exact) mass is 271 g/mol. The Bertz CT molecular complexity index is 460. The lowest BCUT2D eigenvalue weighted by atomic mass is 10.2. The number of methoxy groups -OCH3 is 1. The van der Waals surface area contributed by atoms with Gasteiger partial charge in [-0.2, -0.15) is 0 Å². The number of halogens is 5.